The Hall–Kier alpha value is -0.670. The van der Waals surface area contributed by atoms with Gasteiger partial charge in [0.15, 0.2) is 0 Å². The van der Waals surface area contributed by atoms with Gasteiger partial charge in [-0.3, -0.25) is 4.90 Å². The number of rotatable bonds is 3. The first kappa shape index (κ1) is 11.8. The average molecular weight is 282 g/mol. The van der Waals surface area contributed by atoms with E-state index >= 15 is 0 Å². The molecule has 0 aromatic heterocycles. The van der Waals surface area contributed by atoms with Crippen molar-refractivity contribution in [2.75, 3.05) is 6.54 Å². The monoisotopic (exact) mass is 281 g/mol. The van der Waals surface area contributed by atoms with Gasteiger partial charge < -0.3 is 4.79 Å². The van der Waals surface area contributed by atoms with Crippen molar-refractivity contribution in [1.29, 1.82) is 0 Å². The van der Waals surface area contributed by atoms with Crippen molar-refractivity contribution in [2.45, 2.75) is 31.8 Å². The highest BCUT2D eigenvalue weighted by Gasteiger charge is 2.21. The molecule has 1 unspecified atom stereocenters. The smallest absolute Gasteiger partial charge is 0.137 e. The summed E-state index contributed by atoms with van der Waals surface area (Å²) in [5.41, 5.74) is 1.27. The Morgan fingerprint density at radius 2 is 2.06 bits per heavy atom. The molecule has 0 saturated carbocycles. The topological polar surface area (TPSA) is 20.3 Å². The van der Waals surface area contributed by atoms with Gasteiger partial charge in [-0.2, -0.15) is 0 Å². The lowest BCUT2D eigenvalue weighted by molar-refractivity contribution is -0.113. The lowest BCUT2D eigenvalue weighted by Gasteiger charge is -2.32. The summed E-state index contributed by atoms with van der Waals surface area (Å²) < 4.78 is 1.10. The van der Waals surface area contributed by atoms with E-state index in [0.717, 1.165) is 30.3 Å². The first-order chi connectivity index (χ1) is 7.79. The number of benzene rings is 1. The second kappa shape index (κ2) is 5.60. The fourth-order valence-electron chi connectivity index (χ4n) is 2.19. The van der Waals surface area contributed by atoms with Crippen molar-refractivity contribution in [2.24, 2.45) is 0 Å². The van der Waals surface area contributed by atoms with Gasteiger partial charge in [0.05, 0.1) is 6.04 Å². The van der Waals surface area contributed by atoms with Crippen molar-refractivity contribution < 1.29 is 4.79 Å². The molecule has 0 amide bonds. The number of hydrogen-bond acceptors (Lipinski definition) is 2. The van der Waals surface area contributed by atoms with E-state index < -0.39 is 0 Å². The van der Waals surface area contributed by atoms with Gasteiger partial charge in [0.2, 0.25) is 0 Å². The third kappa shape index (κ3) is 2.92. The summed E-state index contributed by atoms with van der Waals surface area (Å²) >= 11 is 3.43. The third-order valence-corrected chi connectivity index (χ3v) is 3.65. The molecule has 1 fully saturated rings. The normalized spacial score (nSPS) is 21.9. The van der Waals surface area contributed by atoms with Crippen LogP contribution in [0.25, 0.3) is 0 Å². The van der Waals surface area contributed by atoms with E-state index in [9.17, 15) is 4.79 Å². The van der Waals surface area contributed by atoms with E-state index in [1.54, 1.807) is 0 Å². The van der Waals surface area contributed by atoms with Crippen LogP contribution >= 0.6 is 15.9 Å². The molecule has 1 saturated heterocycles. The molecule has 1 aromatic rings. The molecule has 1 heterocycles. The Morgan fingerprint density at radius 3 is 2.75 bits per heavy atom. The van der Waals surface area contributed by atoms with Crippen molar-refractivity contribution in [3.63, 3.8) is 0 Å². The van der Waals surface area contributed by atoms with Crippen LogP contribution < -0.4 is 0 Å². The van der Waals surface area contributed by atoms with Gasteiger partial charge in [-0.1, -0.05) is 34.5 Å². The summed E-state index contributed by atoms with van der Waals surface area (Å²) in [5.74, 6) is 0. The molecule has 86 valence electrons. The number of halogens is 1. The van der Waals surface area contributed by atoms with Crippen molar-refractivity contribution in [3.8, 4) is 0 Å². The van der Waals surface area contributed by atoms with Crippen LogP contribution in [0, 0.1) is 0 Å². The minimum Gasteiger partial charge on any atom is -0.302 e. The molecule has 0 aliphatic carbocycles. The number of likely N-dealkylation sites (tertiary alicyclic amines) is 1. The molecule has 2 rings (SSSR count). The Labute approximate surface area is 105 Å². The second-order valence-corrected chi connectivity index (χ2v) is 5.21. The maximum Gasteiger partial charge on any atom is 0.137 e. The van der Waals surface area contributed by atoms with Crippen LogP contribution in [0.2, 0.25) is 0 Å². The van der Waals surface area contributed by atoms with Gasteiger partial charge in [0, 0.05) is 11.0 Å². The lowest BCUT2D eigenvalue weighted by atomic mass is 10.0. The van der Waals surface area contributed by atoms with Crippen LogP contribution in [0.3, 0.4) is 0 Å². The molecule has 1 aliphatic heterocycles. The quantitative estimate of drug-likeness (QED) is 0.794. The number of carbonyl (C=O) groups excluding carboxylic acids is 1. The molecule has 1 atom stereocenters. The van der Waals surface area contributed by atoms with Gasteiger partial charge in [-0.25, -0.2) is 0 Å². The number of piperidine rings is 1. The van der Waals surface area contributed by atoms with Crippen LogP contribution in [0.15, 0.2) is 28.7 Å². The molecule has 0 spiro atoms. The van der Waals surface area contributed by atoms with Crippen LogP contribution in [-0.2, 0) is 11.3 Å². The summed E-state index contributed by atoms with van der Waals surface area (Å²) in [7, 11) is 0. The van der Waals surface area contributed by atoms with Crippen LogP contribution in [0.4, 0.5) is 0 Å². The zero-order chi connectivity index (χ0) is 11.4. The third-order valence-electron chi connectivity index (χ3n) is 3.12. The van der Waals surface area contributed by atoms with E-state index in [1.165, 1.54) is 18.4 Å². The summed E-state index contributed by atoms with van der Waals surface area (Å²) in [6.45, 7) is 1.93. The average Bonchev–Trinajstić information content (AvgIpc) is 2.33. The molecule has 16 heavy (non-hydrogen) atoms. The lowest BCUT2D eigenvalue weighted by Crippen LogP contribution is -2.39. The number of carbonyl (C=O) groups is 1. The largest absolute Gasteiger partial charge is 0.302 e. The van der Waals surface area contributed by atoms with Gasteiger partial charge in [-0.15, -0.1) is 0 Å². The first-order valence-corrected chi connectivity index (χ1v) is 6.52. The molecule has 1 aliphatic rings. The van der Waals surface area contributed by atoms with Crippen molar-refractivity contribution in [1.82, 2.24) is 4.90 Å². The Balaban J connectivity index is 2.02. The van der Waals surface area contributed by atoms with E-state index in [2.05, 4.69) is 45.1 Å². The minimum atomic E-state index is 0.123. The Kier molecular flexibility index (Phi) is 4.13. The van der Waals surface area contributed by atoms with Gasteiger partial charge in [0.1, 0.15) is 6.29 Å². The number of nitrogens with zero attached hydrogens (tertiary/aromatic N) is 1. The summed E-state index contributed by atoms with van der Waals surface area (Å²) in [6, 6.07) is 8.45. The first-order valence-electron chi connectivity index (χ1n) is 5.73. The standard InChI is InChI=1S/C13H16BrNO/c14-12-6-4-11(5-7-12)9-15-8-2-1-3-13(15)10-16/h4-7,10,13H,1-3,8-9H2. The zero-order valence-corrected chi connectivity index (χ0v) is 10.8. The molecular weight excluding hydrogens is 266 g/mol. The highest BCUT2D eigenvalue weighted by molar-refractivity contribution is 9.10. The maximum absolute atomic E-state index is 11.0. The Bertz CT molecular complexity index is 349. The van der Waals surface area contributed by atoms with Crippen LogP contribution in [-0.4, -0.2) is 23.8 Å². The molecule has 0 bridgehead atoms. The van der Waals surface area contributed by atoms with Gasteiger partial charge in [-0.05, 0) is 37.1 Å². The molecular formula is C13H16BrNO. The highest BCUT2D eigenvalue weighted by atomic mass is 79.9. The molecule has 2 nitrogen and oxygen atoms in total. The fraction of sp³-hybridized carbons (Fsp3) is 0.462. The van der Waals surface area contributed by atoms with Crippen LogP contribution in [0.5, 0.6) is 0 Å². The van der Waals surface area contributed by atoms with Crippen molar-refractivity contribution >= 4 is 22.2 Å². The zero-order valence-electron chi connectivity index (χ0n) is 9.23. The minimum absolute atomic E-state index is 0.123. The van der Waals surface area contributed by atoms with Gasteiger partial charge >= 0.3 is 0 Å². The maximum atomic E-state index is 11.0. The van der Waals surface area contributed by atoms with E-state index in [1.807, 2.05) is 0 Å². The number of hydrogen-bond donors (Lipinski definition) is 0. The van der Waals surface area contributed by atoms with E-state index in [0.29, 0.717) is 0 Å². The molecule has 1 aromatic carbocycles. The van der Waals surface area contributed by atoms with Crippen LogP contribution in [0.1, 0.15) is 24.8 Å². The van der Waals surface area contributed by atoms with E-state index in [-0.39, 0.29) is 6.04 Å². The Morgan fingerprint density at radius 1 is 1.31 bits per heavy atom. The second-order valence-electron chi connectivity index (χ2n) is 4.30. The SMILES string of the molecule is O=CC1CCCCN1Cc1ccc(Br)cc1. The van der Waals surface area contributed by atoms with E-state index in [4.69, 9.17) is 0 Å². The summed E-state index contributed by atoms with van der Waals surface area (Å²) in [4.78, 5) is 13.2. The van der Waals surface area contributed by atoms with Gasteiger partial charge in [0.25, 0.3) is 0 Å². The number of aldehydes is 1. The summed E-state index contributed by atoms with van der Waals surface area (Å²) in [5, 5.41) is 0. The molecule has 0 radical (unpaired) electrons. The predicted molar refractivity (Wildman–Crippen MR) is 68.3 cm³/mol. The highest BCUT2D eigenvalue weighted by Crippen LogP contribution is 2.19. The predicted octanol–water partition coefficient (Wildman–Crippen LogP) is 3.00. The van der Waals surface area contributed by atoms with Crippen molar-refractivity contribution in [3.05, 3.63) is 34.3 Å². The molecule has 3 heteroatoms. The summed E-state index contributed by atoms with van der Waals surface area (Å²) in [6.07, 6.45) is 4.50. The fourth-order valence-corrected chi connectivity index (χ4v) is 2.46. The molecule has 0 N–H and O–H groups in total.